The third-order valence-electron chi connectivity index (χ3n) is 12.3. The first kappa shape index (κ1) is 34.8. The van der Waals surface area contributed by atoms with E-state index in [1.54, 1.807) is 0 Å². The Labute approximate surface area is 345 Å². The number of nitrogens with zero attached hydrogens (tertiary/aromatic N) is 2. The van der Waals surface area contributed by atoms with E-state index < -0.39 is 0 Å². The standard InChI is InChI=1S/C57H40N2/c1-57(2)51-34-31-39-17-9-10-22-45(39)54(51)50-26-14-25-46(55(50)57)43-21-13-20-42(35-43)44-32-33-49(48-24-12-11-23-47(44)48)56-58-52(40-18-7-4-8-19-40)36-53(59-56)41-29-27-38(28-30-41)37-15-5-3-6-16-37/h3-36H,1-2H3. The average Bonchev–Trinajstić information content (AvgIpc) is 3.55. The van der Waals surface area contributed by atoms with Crippen LogP contribution in [-0.4, -0.2) is 9.97 Å². The minimum atomic E-state index is -0.146. The van der Waals surface area contributed by atoms with Crippen molar-refractivity contribution in [1.82, 2.24) is 9.97 Å². The predicted octanol–water partition coefficient (Wildman–Crippen LogP) is 15.1. The minimum Gasteiger partial charge on any atom is -0.228 e. The van der Waals surface area contributed by atoms with Gasteiger partial charge in [0.25, 0.3) is 0 Å². The minimum absolute atomic E-state index is 0.146. The van der Waals surface area contributed by atoms with Gasteiger partial charge in [-0.15, -0.1) is 0 Å². The molecule has 10 aromatic rings. The van der Waals surface area contributed by atoms with Crippen molar-refractivity contribution in [1.29, 1.82) is 0 Å². The summed E-state index contributed by atoms with van der Waals surface area (Å²) < 4.78 is 0. The second-order valence-corrected chi connectivity index (χ2v) is 16.1. The van der Waals surface area contributed by atoms with E-state index in [-0.39, 0.29) is 5.41 Å². The molecule has 278 valence electrons. The van der Waals surface area contributed by atoms with Gasteiger partial charge in [-0.3, -0.25) is 0 Å². The van der Waals surface area contributed by atoms with Crippen LogP contribution in [0.15, 0.2) is 206 Å². The molecule has 1 aromatic heterocycles. The Bertz CT molecular complexity index is 3220. The topological polar surface area (TPSA) is 25.8 Å². The van der Waals surface area contributed by atoms with Crippen molar-refractivity contribution in [3.8, 4) is 78.4 Å². The highest BCUT2D eigenvalue weighted by Crippen LogP contribution is 2.54. The van der Waals surface area contributed by atoms with Gasteiger partial charge in [-0.05, 0) is 95.4 Å². The van der Waals surface area contributed by atoms with Crippen molar-refractivity contribution in [2.24, 2.45) is 0 Å². The van der Waals surface area contributed by atoms with Gasteiger partial charge < -0.3 is 0 Å². The van der Waals surface area contributed by atoms with E-state index >= 15 is 0 Å². The second kappa shape index (κ2) is 13.9. The van der Waals surface area contributed by atoms with Crippen LogP contribution in [-0.2, 0) is 5.41 Å². The van der Waals surface area contributed by atoms with Gasteiger partial charge in [0.05, 0.1) is 11.4 Å². The van der Waals surface area contributed by atoms with E-state index in [2.05, 4.69) is 214 Å². The van der Waals surface area contributed by atoms with Gasteiger partial charge >= 0.3 is 0 Å². The van der Waals surface area contributed by atoms with E-state index in [4.69, 9.17) is 9.97 Å². The van der Waals surface area contributed by atoms with Gasteiger partial charge in [0.15, 0.2) is 5.82 Å². The number of hydrogen-bond donors (Lipinski definition) is 0. The number of aromatic nitrogens is 2. The molecule has 11 rings (SSSR count). The lowest BCUT2D eigenvalue weighted by Gasteiger charge is -2.25. The summed E-state index contributed by atoms with van der Waals surface area (Å²) in [5, 5.41) is 4.89. The Morgan fingerprint density at radius 1 is 0.339 bits per heavy atom. The summed E-state index contributed by atoms with van der Waals surface area (Å²) in [6, 6.07) is 74.2. The van der Waals surface area contributed by atoms with E-state index in [0.29, 0.717) is 5.82 Å². The normalized spacial score (nSPS) is 12.7. The molecule has 1 aliphatic rings. The average molecular weight is 753 g/mol. The first-order valence-corrected chi connectivity index (χ1v) is 20.4. The molecule has 0 N–H and O–H groups in total. The fraction of sp³-hybridized carbons (Fsp3) is 0.0526. The summed E-state index contributed by atoms with van der Waals surface area (Å²) in [6.45, 7) is 4.76. The van der Waals surface area contributed by atoms with Crippen molar-refractivity contribution in [3.05, 3.63) is 217 Å². The lowest BCUT2D eigenvalue weighted by Crippen LogP contribution is -2.16. The Kier molecular flexibility index (Phi) is 8.20. The molecule has 2 heteroatoms. The van der Waals surface area contributed by atoms with Crippen LogP contribution in [0.3, 0.4) is 0 Å². The molecule has 0 saturated carbocycles. The fourth-order valence-corrected chi connectivity index (χ4v) is 9.43. The highest BCUT2D eigenvalue weighted by atomic mass is 14.9. The molecule has 0 aliphatic heterocycles. The maximum absolute atomic E-state index is 5.28. The monoisotopic (exact) mass is 752 g/mol. The quantitative estimate of drug-likeness (QED) is 0.169. The van der Waals surface area contributed by atoms with Gasteiger partial charge in [-0.25, -0.2) is 9.97 Å². The summed E-state index contributed by atoms with van der Waals surface area (Å²) >= 11 is 0. The lowest BCUT2D eigenvalue weighted by molar-refractivity contribution is 0.662. The molecule has 0 atom stereocenters. The van der Waals surface area contributed by atoms with Gasteiger partial charge in [-0.2, -0.15) is 0 Å². The highest BCUT2D eigenvalue weighted by molar-refractivity contribution is 6.06. The van der Waals surface area contributed by atoms with Crippen molar-refractivity contribution >= 4 is 21.5 Å². The molecule has 1 heterocycles. The van der Waals surface area contributed by atoms with Gasteiger partial charge in [0.2, 0.25) is 0 Å². The van der Waals surface area contributed by atoms with Crippen LogP contribution in [0.25, 0.3) is 100.0 Å². The van der Waals surface area contributed by atoms with E-state index in [1.165, 1.54) is 71.8 Å². The lowest BCUT2D eigenvalue weighted by atomic mass is 9.78. The van der Waals surface area contributed by atoms with Gasteiger partial charge in [0.1, 0.15) is 0 Å². The fourth-order valence-electron chi connectivity index (χ4n) is 9.43. The summed E-state index contributed by atoms with van der Waals surface area (Å²) in [5.74, 6) is 0.708. The van der Waals surface area contributed by atoms with Crippen LogP contribution < -0.4 is 0 Å². The molecule has 9 aromatic carbocycles. The molecule has 0 bridgehead atoms. The molecule has 0 unspecified atom stereocenters. The molecule has 0 spiro atoms. The molecular weight excluding hydrogens is 713 g/mol. The largest absolute Gasteiger partial charge is 0.228 e. The van der Waals surface area contributed by atoms with Crippen molar-refractivity contribution < 1.29 is 0 Å². The number of benzene rings is 9. The van der Waals surface area contributed by atoms with Gasteiger partial charge in [0, 0.05) is 22.1 Å². The second-order valence-electron chi connectivity index (χ2n) is 16.1. The molecule has 0 amide bonds. The maximum atomic E-state index is 5.28. The smallest absolute Gasteiger partial charge is 0.161 e. The molecule has 59 heavy (non-hydrogen) atoms. The van der Waals surface area contributed by atoms with Crippen molar-refractivity contribution in [2.75, 3.05) is 0 Å². The number of fused-ring (bicyclic) bond motifs is 6. The zero-order chi connectivity index (χ0) is 39.5. The zero-order valence-corrected chi connectivity index (χ0v) is 33.0. The first-order valence-electron chi connectivity index (χ1n) is 20.4. The van der Waals surface area contributed by atoms with E-state index in [9.17, 15) is 0 Å². The molecule has 0 saturated heterocycles. The van der Waals surface area contributed by atoms with Crippen LogP contribution in [0, 0.1) is 0 Å². The molecule has 0 fully saturated rings. The van der Waals surface area contributed by atoms with Crippen LogP contribution in [0.1, 0.15) is 25.0 Å². The van der Waals surface area contributed by atoms with E-state index in [1.807, 2.05) is 6.07 Å². The molecule has 2 nitrogen and oxygen atoms in total. The van der Waals surface area contributed by atoms with Crippen LogP contribution in [0.2, 0.25) is 0 Å². The Hall–Kier alpha value is -7.42. The summed E-state index contributed by atoms with van der Waals surface area (Å²) in [6.07, 6.45) is 0. The number of rotatable bonds is 6. The SMILES string of the molecule is CC1(C)c2ccc3ccccc3c2-c2cccc(-c3cccc(-c4ccc(-c5nc(-c6ccccc6)cc(-c6ccc(-c7ccccc7)cc6)n5)c5ccccc45)c3)c21. The molecular formula is C57H40N2. The van der Waals surface area contributed by atoms with Crippen molar-refractivity contribution in [2.45, 2.75) is 19.3 Å². The summed E-state index contributed by atoms with van der Waals surface area (Å²) in [7, 11) is 0. The van der Waals surface area contributed by atoms with Crippen molar-refractivity contribution in [3.63, 3.8) is 0 Å². The Balaban J connectivity index is 1.02. The predicted molar refractivity (Wildman–Crippen MR) is 247 cm³/mol. The molecule has 0 radical (unpaired) electrons. The van der Waals surface area contributed by atoms with Gasteiger partial charge in [-0.1, -0.05) is 202 Å². The van der Waals surface area contributed by atoms with Crippen LogP contribution >= 0.6 is 0 Å². The van der Waals surface area contributed by atoms with Crippen LogP contribution in [0.4, 0.5) is 0 Å². The maximum Gasteiger partial charge on any atom is 0.161 e. The summed E-state index contributed by atoms with van der Waals surface area (Å²) in [4.78, 5) is 10.5. The Morgan fingerprint density at radius 2 is 0.847 bits per heavy atom. The Morgan fingerprint density at radius 3 is 1.58 bits per heavy atom. The number of hydrogen-bond acceptors (Lipinski definition) is 2. The highest BCUT2D eigenvalue weighted by Gasteiger charge is 2.38. The first-order chi connectivity index (χ1) is 29.0. The third kappa shape index (κ3) is 5.87. The van der Waals surface area contributed by atoms with Crippen LogP contribution in [0.5, 0.6) is 0 Å². The zero-order valence-electron chi connectivity index (χ0n) is 33.0. The molecule has 1 aliphatic carbocycles. The van der Waals surface area contributed by atoms with E-state index in [0.717, 1.165) is 33.5 Å². The third-order valence-corrected chi connectivity index (χ3v) is 12.3. The summed E-state index contributed by atoms with van der Waals surface area (Å²) in [5.41, 5.74) is 17.5.